The smallest absolute Gasteiger partial charge is 0.229 e. The van der Waals surface area contributed by atoms with E-state index in [1.165, 1.54) is 19.3 Å². The molecule has 0 spiro atoms. The fourth-order valence-corrected chi connectivity index (χ4v) is 3.30. The Morgan fingerprint density at radius 2 is 2.13 bits per heavy atom. The highest BCUT2D eigenvalue weighted by atomic mass is 16.5. The molecular weight excluding hydrogens is 290 g/mol. The minimum atomic E-state index is 0.396. The van der Waals surface area contributed by atoms with Crippen molar-refractivity contribution in [2.24, 2.45) is 0 Å². The van der Waals surface area contributed by atoms with E-state index in [-0.39, 0.29) is 0 Å². The van der Waals surface area contributed by atoms with Gasteiger partial charge in [0.2, 0.25) is 5.89 Å². The average molecular weight is 315 g/mol. The highest BCUT2D eigenvalue weighted by molar-refractivity contribution is 5.06. The molecule has 0 bridgehead atoms. The Bertz CT molecular complexity index is 657. The molecule has 1 aliphatic heterocycles. The van der Waals surface area contributed by atoms with E-state index < -0.39 is 0 Å². The van der Waals surface area contributed by atoms with E-state index >= 15 is 0 Å². The van der Waals surface area contributed by atoms with Crippen molar-refractivity contribution in [3.8, 4) is 0 Å². The summed E-state index contributed by atoms with van der Waals surface area (Å²) in [5.74, 6) is 2.69. The SMILES string of the molecule is CC(C)n1ccc(CN2CCC[C@H](c3noc(C4CC4)n3)C2)n1. The lowest BCUT2D eigenvalue weighted by molar-refractivity contribution is 0.192. The molecule has 6 nitrogen and oxygen atoms in total. The molecule has 2 aliphatic rings. The van der Waals surface area contributed by atoms with Gasteiger partial charge in [0.05, 0.1) is 5.69 Å². The van der Waals surface area contributed by atoms with Crippen molar-refractivity contribution in [3.05, 3.63) is 29.7 Å². The Labute approximate surface area is 136 Å². The zero-order valence-electron chi connectivity index (χ0n) is 14.0. The van der Waals surface area contributed by atoms with Gasteiger partial charge in [-0.3, -0.25) is 9.58 Å². The van der Waals surface area contributed by atoms with Gasteiger partial charge < -0.3 is 4.52 Å². The van der Waals surface area contributed by atoms with E-state index in [1.807, 2.05) is 4.68 Å². The van der Waals surface area contributed by atoms with Crippen LogP contribution in [0.3, 0.4) is 0 Å². The van der Waals surface area contributed by atoms with Gasteiger partial charge in [-0.1, -0.05) is 5.16 Å². The quantitative estimate of drug-likeness (QED) is 0.848. The summed E-state index contributed by atoms with van der Waals surface area (Å²) in [6.07, 6.45) is 6.82. The topological polar surface area (TPSA) is 60.0 Å². The van der Waals surface area contributed by atoms with Gasteiger partial charge in [0, 0.05) is 37.2 Å². The molecule has 2 aromatic heterocycles. The number of aromatic nitrogens is 4. The van der Waals surface area contributed by atoms with Gasteiger partial charge in [-0.15, -0.1) is 0 Å². The molecule has 2 aromatic rings. The van der Waals surface area contributed by atoms with Gasteiger partial charge in [-0.2, -0.15) is 10.1 Å². The fourth-order valence-electron chi connectivity index (χ4n) is 3.30. The summed E-state index contributed by atoms with van der Waals surface area (Å²) in [6, 6.07) is 2.54. The van der Waals surface area contributed by atoms with Crippen LogP contribution >= 0.6 is 0 Å². The maximum Gasteiger partial charge on any atom is 0.229 e. The second-order valence-corrected chi connectivity index (χ2v) is 7.22. The first-order valence-corrected chi connectivity index (χ1v) is 8.79. The largest absolute Gasteiger partial charge is 0.339 e. The third-order valence-corrected chi connectivity index (χ3v) is 4.83. The maximum atomic E-state index is 5.43. The van der Waals surface area contributed by atoms with Crippen LogP contribution in [-0.4, -0.2) is 37.9 Å². The van der Waals surface area contributed by atoms with E-state index in [4.69, 9.17) is 4.52 Å². The Morgan fingerprint density at radius 1 is 1.26 bits per heavy atom. The summed E-state index contributed by atoms with van der Waals surface area (Å²) in [5.41, 5.74) is 1.14. The van der Waals surface area contributed by atoms with Crippen LogP contribution in [0.1, 0.15) is 74.8 Å². The molecule has 0 amide bonds. The highest BCUT2D eigenvalue weighted by Gasteiger charge is 2.32. The number of nitrogens with zero attached hydrogens (tertiary/aromatic N) is 5. The molecule has 1 atom stereocenters. The summed E-state index contributed by atoms with van der Waals surface area (Å²) < 4.78 is 7.46. The van der Waals surface area contributed by atoms with E-state index in [9.17, 15) is 0 Å². The lowest BCUT2D eigenvalue weighted by Gasteiger charge is -2.30. The molecule has 0 radical (unpaired) electrons. The molecule has 2 fully saturated rings. The molecule has 4 rings (SSSR count). The lowest BCUT2D eigenvalue weighted by Crippen LogP contribution is -2.34. The molecule has 1 saturated heterocycles. The average Bonchev–Trinajstić information content (AvgIpc) is 3.09. The van der Waals surface area contributed by atoms with Crippen molar-refractivity contribution in [1.82, 2.24) is 24.8 Å². The van der Waals surface area contributed by atoms with Crippen molar-refractivity contribution < 1.29 is 4.52 Å². The molecule has 1 aliphatic carbocycles. The molecule has 0 N–H and O–H groups in total. The van der Waals surface area contributed by atoms with E-state index in [1.54, 1.807) is 0 Å². The summed E-state index contributed by atoms with van der Waals surface area (Å²) in [5, 5.41) is 8.90. The fraction of sp³-hybridized carbons (Fsp3) is 0.706. The molecule has 124 valence electrons. The minimum Gasteiger partial charge on any atom is -0.339 e. The predicted octanol–water partition coefficient (Wildman–Crippen LogP) is 3.10. The van der Waals surface area contributed by atoms with Gasteiger partial charge in [-0.25, -0.2) is 0 Å². The number of hydrogen-bond donors (Lipinski definition) is 0. The van der Waals surface area contributed by atoms with Gasteiger partial charge in [0.25, 0.3) is 0 Å². The zero-order valence-corrected chi connectivity index (χ0v) is 14.0. The Hall–Kier alpha value is -1.69. The number of likely N-dealkylation sites (tertiary alicyclic amines) is 1. The van der Waals surface area contributed by atoms with Crippen LogP contribution in [0.5, 0.6) is 0 Å². The Morgan fingerprint density at radius 3 is 2.87 bits per heavy atom. The van der Waals surface area contributed by atoms with Crippen LogP contribution < -0.4 is 0 Å². The molecule has 0 aromatic carbocycles. The van der Waals surface area contributed by atoms with Crippen molar-refractivity contribution in [3.63, 3.8) is 0 Å². The Balaban J connectivity index is 1.39. The first-order chi connectivity index (χ1) is 11.2. The standard InChI is InChI=1S/C17H25N5O/c1-12(2)22-9-7-15(19-22)11-21-8-3-4-14(10-21)16-18-17(23-20-16)13-5-6-13/h7,9,12-14H,3-6,8,10-11H2,1-2H3/t14-/m0/s1. The van der Waals surface area contributed by atoms with Crippen LogP contribution in [0.4, 0.5) is 0 Å². The van der Waals surface area contributed by atoms with Crippen molar-refractivity contribution in [1.29, 1.82) is 0 Å². The third-order valence-electron chi connectivity index (χ3n) is 4.83. The summed E-state index contributed by atoms with van der Waals surface area (Å²) in [6.45, 7) is 7.34. The zero-order chi connectivity index (χ0) is 15.8. The summed E-state index contributed by atoms with van der Waals surface area (Å²) in [7, 11) is 0. The highest BCUT2D eigenvalue weighted by Crippen LogP contribution is 2.39. The molecular formula is C17H25N5O. The second kappa shape index (κ2) is 6.07. The van der Waals surface area contributed by atoms with Gasteiger partial charge in [0.15, 0.2) is 5.82 Å². The first kappa shape index (κ1) is 14.9. The maximum absolute atomic E-state index is 5.43. The van der Waals surface area contributed by atoms with Crippen molar-refractivity contribution >= 4 is 0 Å². The minimum absolute atomic E-state index is 0.396. The molecule has 6 heteroatoms. The van der Waals surface area contributed by atoms with Gasteiger partial charge in [0.1, 0.15) is 0 Å². The second-order valence-electron chi connectivity index (χ2n) is 7.22. The van der Waals surface area contributed by atoms with Crippen LogP contribution in [0.15, 0.2) is 16.8 Å². The van der Waals surface area contributed by atoms with Crippen LogP contribution in [0, 0.1) is 0 Å². The Kier molecular flexibility index (Phi) is 3.93. The number of hydrogen-bond acceptors (Lipinski definition) is 5. The third kappa shape index (κ3) is 3.32. The van der Waals surface area contributed by atoms with Crippen LogP contribution in [-0.2, 0) is 6.54 Å². The number of rotatable bonds is 5. The molecule has 3 heterocycles. The lowest BCUT2D eigenvalue weighted by atomic mass is 9.97. The molecule has 23 heavy (non-hydrogen) atoms. The van der Waals surface area contributed by atoms with E-state index in [0.29, 0.717) is 17.9 Å². The number of piperidine rings is 1. The van der Waals surface area contributed by atoms with E-state index in [2.05, 4.69) is 46.2 Å². The monoisotopic (exact) mass is 315 g/mol. The van der Waals surface area contributed by atoms with Crippen molar-refractivity contribution in [2.75, 3.05) is 13.1 Å². The van der Waals surface area contributed by atoms with Gasteiger partial charge >= 0.3 is 0 Å². The predicted molar refractivity (Wildman–Crippen MR) is 86.1 cm³/mol. The summed E-state index contributed by atoms with van der Waals surface area (Å²) >= 11 is 0. The molecule has 0 unspecified atom stereocenters. The van der Waals surface area contributed by atoms with Crippen LogP contribution in [0.25, 0.3) is 0 Å². The summed E-state index contributed by atoms with van der Waals surface area (Å²) in [4.78, 5) is 7.11. The van der Waals surface area contributed by atoms with E-state index in [0.717, 1.165) is 43.5 Å². The molecule has 1 saturated carbocycles. The van der Waals surface area contributed by atoms with Gasteiger partial charge in [-0.05, 0) is 52.1 Å². The van der Waals surface area contributed by atoms with Crippen LogP contribution in [0.2, 0.25) is 0 Å². The normalized spacial score (nSPS) is 22.8. The first-order valence-electron chi connectivity index (χ1n) is 8.79. The van der Waals surface area contributed by atoms with Crippen molar-refractivity contribution in [2.45, 2.75) is 64.0 Å².